The maximum atomic E-state index is 13.6. The van der Waals surface area contributed by atoms with Crippen LogP contribution in [0.15, 0.2) is 70.6 Å². The van der Waals surface area contributed by atoms with Gasteiger partial charge in [-0.1, -0.05) is 36.4 Å². The first kappa shape index (κ1) is 22.6. The average Bonchev–Trinajstić information content (AvgIpc) is 3.40. The Kier molecular flexibility index (Phi) is 6.16. The number of halogens is 1. The number of rotatable bonds is 5. The Morgan fingerprint density at radius 3 is 2.62 bits per heavy atom. The van der Waals surface area contributed by atoms with Crippen LogP contribution in [0.2, 0.25) is 0 Å². The van der Waals surface area contributed by atoms with Gasteiger partial charge in [0.1, 0.15) is 11.9 Å². The van der Waals surface area contributed by atoms with Gasteiger partial charge < -0.3 is 4.74 Å². The van der Waals surface area contributed by atoms with E-state index >= 15 is 0 Å². The molecule has 0 spiro atoms. The van der Waals surface area contributed by atoms with Crippen molar-refractivity contribution < 1.29 is 13.2 Å². The summed E-state index contributed by atoms with van der Waals surface area (Å²) in [6.45, 7) is 6.26. The molecule has 0 aliphatic carbocycles. The van der Waals surface area contributed by atoms with E-state index in [1.807, 2.05) is 42.5 Å². The van der Waals surface area contributed by atoms with E-state index in [4.69, 9.17) is 4.74 Å². The molecule has 6 nitrogen and oxygen atoms in total. The van der Waals surface area contributed by atoms with E-state index in [1.165, 1.54) is 0 Å². The summed E-state index contributed by atoms with van der Waals surface area (Å²) in [6.07, 6.45) is 1.06. The lowest BCUT2D eigenvalue weighted by Crippen LogP contribution is -2.30. The molecule has 2 heterocycles. The number of nitrogens with zero attached hydrogens (tertiary/aromatic N) is 2. The highest BCUT2D eigenvalue weighted by atomic mass is 35.5. The number of likely N-dealkylation sites (tertiary alicyclic amines) is 1. The number of benzene rings is 3. The smallest absolute Gasteiger partial charge is 0.226 e. The third kappa shape index (κ3) is 3.96. The summed E-state index contributed by atoms with van der Waals surface area (Å²) in [6, 6.07) is 18.8. The minimum Gasteiger partial charge on any atom is -0.489 e. The highest BCUT2D eigenvalue weighted by Gasteiger charge is 2.28. The van der Waals surface area contributed by atoms with Gasteiger partial charge in [0, 0.05) is 29.9 Å². The van der Waals surface area contributed by atoms with Gasteiger partial charge in [0.05, 0.1) is 10.4 Å². The first-order chi connectivity index (χ1) is 14.9. The molecule has 32 heavy (non-hydrogen) atoms. The molecule has 1 unspecified atom stereocenters. The Labute approximate surface area is 193 Å². The summed E-state index contributed by atoms with van der Waals surface area (Å²) in [5, 5.41) is 9.18. The van der Waals surface area contributed by atoms with Gasteiger partial charge in [-0.05, 0) is 49.9 Å². The predicted molar refractivity (Wildman–Crippen MR) is 128 cm³/mol. The van der Waals surface area contributed by atoms with Crippen LogP contribution in [0.1, 0.15) is 20.3 Å². The number of ether oxygens (including phenoxy) is 1. The summed E-state index contributed by atoms with van der Waals surface area (Å²) < 4.78 is 33.3. The number of hydrogen-bond donors (Lipinski definition) is 1. The normalized spacial score (nSPS) is 17.2. The van der Waals surface area contributed by atoms with E-state index in [0.717, 1.165) is 24.9 Å². The lowest BCUT2D eigenvalue weighted by molar-refractivity contribution is 0.187. The second-order valence-corrected chi connectivity index (χ2v) is 10.2. The fraction of sp³-hybridized carbons (Fsp3) is 0.292. The largest absolute Gasteiger partial charge is 0.489 e. The van der Waals surface area contributed by atoms with Crippen molar-refractivity contribution in [3.8, 4) is 5.75 Å². The zero-order chi connectivity index (χ0) is 21.6. The fourth-order valence-corrected chi connectivity index (χ4v) is 5.86. The van der Waals surface area contributed by atoms with Crippen LogP contribution in [0.5, 0.6) is 5.75 Å². The molecule has 4 aromatic rings. The number of H-pyrrole nitrogens is 1. The molecule has 1 N–H and O–H groups in total. The SMILES string of the molecule is CC(C)N1CCC(Oc2ccc3[nH]nc(S(=O)(=O)c4cccc5ccccc45)c3c2)C1.Cl. The molecule has 1 atom stereocenters. The zero-order valence-corrected chi connectivity index (χ0v) is 19.6. The van der Waals surface area contributed by atoms with Gasteiger partial charge in [-0.2, -0.15) is 5.10 Å². The molecule has 1 aromatic heterocycles. The van der Waals surface area contributed by atoms with Gasteiger partial charge in [0.25, 0.3) is 0 Å². The Balaban J connectivity index is 0.00000245. The maximum Gasteiger partial charge on any atom is 0.226 e. The number of fused-ring (bicyclic) bond motifs is 2. The Morgan fingerprint density at radius 1 is 1.06 bits per heavy atom. The van der Waals surface area contributed by atoms with Gasteiger partial charge in [0.2, 0.25) is 9.84 Å². The third-order valence-corrected chi connectivity index (χ3v) is 7.76. The second kappa shape index (κ2) is 8.73. The molecule has 0 saturated carbocycles. The molecule has 1 aliphatic heterocycles. The molecule has 1 saturated heterocycles. The van der Waals surface area contributed by atoms with Crippen molar-refractivity contribution in [3.63, 3.8) is 0 Å². The van der Waals surface area contributed by atoms with Crippen molar-refractivity contribution in [2.45, 2.75) is 42.3 Å². The summed E-state index contributed by atoms with van der Waals surface area (Å²) in [4.78, 5) is 2.64. The molecule has 0 bridgehead atoms. The number of sulfone groups is 1. The van der Waals surface area contributed by atoms with Crippen molar-refractivity contribution in [2.75, 3.05) is 13.1 Å². The first-order valence-electron chi connectivity index (χ1n) is 10.5. The standard InChI is InChI=1S/C24H25N3O3S.ClH/c1-16(2)27-13-12-19(15-27)30-18-10-11-22-21(14-18)24(26-25-22)31(28,29)23-9-5-7-17-6-3-4-8-20(17)23;/h3-11,14,16,19H,12-13,15H2,1-2H3,(H,25,26);1H. The minimum atomic E-state index is -3.82. The number of nitrogens with one attached hydrogen (secondary N) is 1. The molecular formula is C24H26ClN3O3S. The van der Waals surface area contributed by atoms with E-state index in [9.17, 15) is 8.42 Å². The fourth-order valence-electron chi connectivity index (χ4n) is 4.29. The van der Waals surface area contributed by atoms with Crippen molar-refractivity contribution in [1.82, 2.24) is 15.1 Å². The topological polar surface area (TPSA) is 75.3 Å². The number of aromatic nitrogens is 2. The van der Waals surface area contributed by atoms with Crippen molar-refractivity contribution in [1.29, 1.82) is 0 Å². The third-order valence-electron chi connectivity index (χ3n) is 6.00. The van der Waals surface area contributed by atoms with Crippen LogP contribution >= 0.6 is 12.4 Å². The number of aromatic amines is 1. The van der Waals surface area contributed by atoms with Crippen LogP contribution in [0.3, 0.4) is 0 Å². The van der Waals surface area contributed by atoms with E-state index in [1.54, 1.807) is 18.2 Å². The Bertz CT molecular complexity index is 1360. The summed E-state index contributed by atoms with van der Waals surface area (Å²) >= 11 is 0. The Morgan fingerprint density at radius 2 is 1.84 bits per heavy atom. The van der Waals surface area contributed by atoms with Gasteiger partial charge in [-0.25, -0.2) is 8.42 Å². The summed E-state index contributed by atoms with van der Waals surface area (Å²) in [5.74, 6) is 0.666. The van der Waals surface area contributed by atoms with E-state index in [2.05, 4.69) is 28.9 Å². The van der Waals surface area contributed by atoms with Gasteiger partial charge in [-0.15, -0.1) is 12.4 Å². The molecular weight excluding hydrogens is 446 g/mol. The van der Waals surface area contributed by atoms with Gasteiger partial charge in [0.15, 0.2) is 5.03 Å². The van der Waals surface area contributed by atoms with Gasteiger partial charge in [-0.3, -0.25) is 10.00 Å². The van der Waals surface area contributed by atoms with Crippen LogP contribution in [0.4, 0.5) is 0 Å². The quantitative estimate of drug-likeness (QED) is 0.451. The second-order valence-electron chi connectivity index (χ2n) is 8.33. The zero-order valence-electron chi connectivity index (χ0n) is 18.0. The van der Waals surface area contributed by atoms with E-state index in [0.29, 0.717) is 28.1 Å². The van der Waals surface area contributed by atoms with Crippen LogP contribution in [-0.2, 0) is 9.84 Å². The van der Waals surface area contributed by atoms with Crippen LogP contribution < -0.4 is 4.74 Å². The molecule has 5 rings (SSSR count). The monoisotopic (exact) mass is 471 g/mol. The molecule has 1 aliphatic rings. The molecule has 8 heteroatoms. The lowest BCUT2D eigenvalue weighted by atomic mass is 10.1. The molecule has 1 fully saturated rings. The van der Waals surface area contributed by atoms with Crippen LogP contribution in [0, 0.1) is 0 Å². The average molecular weight is 472 g/mol. The summed E-state index contributed by atoms with van der Waals surface area (Å²) in [5.41, 5.74) is 0.668. The highest BCUT2D eigenvalue weighted by molar-refractivity contribution is 7.91. The first-order valence-corrected chi connectivity index (χ1v) is 12.0. The highest BCUT2D eigenvalue weighted by Crippen LogP contribution is 2.33. The maximum absolute atomic E-state index is 13.6. The number of hydrogen-bond acceptors (Lipinski definition) is 5. The van der Waals surface area contributed by atoms with Crippen LogP contribution in [0.25, 0.3) is 21.7 Å². The minimum absolute atomic E-state index is 0. The Hall–Kier alpha value is -2.61. The van der Waals surface area contributed by atoms with Crippen LogP contribution in [-0.4, -0.2) is 48.8 Å². The molecule has 0 radical (unpaired) electrons. The van der Waals surface area contributed by atoms with Crippen molar-refractivity contribution in [2.24, 2.45) is 0 Å². The molecule has 3 aromatic carbocycles. The van der Waals surface area contributed by atoms with Crippen molar-refractivity contribution >= 4 is 43.9 Å². The molecule has 0 amide bonds. The van der Waals surface area contributed by atoms with E-state index in [-0.39, 0.29) is 28.4 Å². The summed E-state index contributed by atoms with van der Waals surface area (Å²) in [7, 11) is -3.82. The lowest BCUT2D eigenvalue weighted by Gasteiger charge is -2.20. The van der Waals surface area contributed by atoms with Gasteiger partial charge >= 0.3 is 0 Å². The molecule has 168 valence electrons. The van der Waals surface area contributed by atoms with Crippen molar-refractivity contribution in [3.05, 3.63) is 60.7 Å². The predicted octanol–water partition coefficient (Wildman–Crippen LogP) is 4.83. The van der Waals surface area contributed by atoms with E-state index < -0.39 is 9.84 Å².